The van der Waals surface area contributed by atoms with Gasteiger partial charge in [-0.3, -0.25) is 4.79 Å². The fraction of sp³-hybridized carbons (Fsp3) is 0.800. The lowest BCUT2D eigenvalue weighted by Crippen LogP contribution is -2.65. The average Bonchev–Trinajstić information content (AvgIpc) is 2.33. The van der Waals surface area contributed by atoms with Gasteiger partial charge in [0, 0.05) is 14.0 Å². The molecule has 1 rings (SSSR count). The molecule has 0 aromatic heterocycles. The second-order valence-electron chi connectivity index (χ2n) is 4.08. The van der Waals surface area contributed by atoms with Gasteiger partial charge in [0.2, 0.25) is 5.91 Å². The van der Waals surface area contributed by atoms with E-state index < -0.39 is 49.3 Å². The molecule has 1 saturated heterocycles. The monoisotopic (exact) mass is 278 g/mol. The van der Waals surface area contributed by atoms with E-state index in [1.807, 2.05) is 0 Å². The number of amides is 2. The van der Waals surface area contributed by atoms with Gasteiger partial charge in [-0.1, -0.05) is 0 Å². The first-order chi connectivity index (χ1) is 8.90. The average molecular weight is 278 g/mol. The van der Waals surface area contributed by atoms with Crippen molar-refractivity contribution in [3.63, 3.8) is 0 Å². The molecular formula is C10H18N2O7. The van der Waals surface area contributed by atoms with Crippen molar-refractivity contribution >= 4 is 12.0 Å². The summed E-state index contributed by atoms with van der Waals surface area (Å²) in [6, 6.07) is -0.949. The Bertz CT molecular complexity index is 308. The summed E-state index contributed by atoms with van der Waals surface area (Å²) >= 11 is 0. The molecule has 1 fully saturated rings. The van der Waals surface area contributed by atoms with E-state index in [-0.39, 0.29) is 0 Å². The lowest BCUT2D eigenvalue weighted by molar-refractivity contribution is -0.261. The molecule has 2 amide bonds. The lowest BCUT2D eigenvalue weighted by atomic mass is 9.96. The summed E-state index contributed by atoms with van der Waals surface area (Å²) in [5.74, 6) is -0.421. The summed E-state index contributed by atoms with van der Waals surface area (Å²) in [5, 5.41) is 21.7. The Hall–Kier alpha value is -1.42. The second kappa shape index (κ2) is 6.66. The Morgan fingerprint density at radius 3 is 2.53 bits per heavy atom. The van der Waals surface area contributed by atoms with Crippen molar-refractivity contribution in [3.8, 4) is 0 Å². The molecular weight excluding hydrogens is 260 g/mol. The van der Waals surface area contributed by atoms with Gasteiger partial charge in [0.15, 0.2) is 12.4 Å². The highest BCUT2D eigenvalue weighted by atomic mass is 16.7. The number of carbonyl (C=O) groups is 2. The van der Waals surface area contributed by atoms with Crippen molar-refractivity contribution in [2.45, 2.75) is 37.6 Å². The zero-order valence-corrected chi connectivity index (χ0v) is 10.6. The van der Waals surface area contributed by atoms with E-state index in [1.54, 1.807) is 0 Å². The van der Waals surface area contributed by atoms with Crippen molar-refractivity contribution < 1.29 is 34.0 Å². The fourth-order valence-electron chi connectivity index (χ4n) is 1.94. The molecule has 9 heteroatoms. The number of methoxy groups -OCH3 is 1. The maximum absolute atomic E-state index is 11.1. The highest BCUT2D eigenvalue weighted by Crippen LogP contribution is 2.24. The van der Waals surface area contributed by atoms with Crippen LogP contribution in [0.15, 0.2) is 0 Å². The summed E-state index contributed by atoms with van der Waals surface area (Å²) in [5.41, 5.74) is 4.89. The SMILES string of the molecule is CO[C@H]1O[C@H](CO)[C@@H](OC(N)=O)[C@H](O)[C@H]1NC(C)=O. The van der Waals surface area contributed by atoms with E-state index in [2.05, 4.69) is 5.32 Å². The van der Waals surface area contributed by atoms with Crippen LogP contribution in [-0.2, 0) is 19.0 Å². The lowest BCUT2D eigenvalue weighted by Gasteiger charge is -2.42. The first kappa shape index (κ1) is 15.6. The number of ether oxygens (including phenoxy) is 3. The van der Waals surface area contributed by atoms with Gasteiger partial charge in [-0.05, 0) is 0 Å². The molecule has 5 atom stereocenters. The number of rotatable bonds is 4. The highest BCUT2D eigenvalue weighted by Gasteiger charge is 2.47. The number of hydrogen-bond donors (Lipinski definition) is 4. The van der Waals surface area contributed by atoms with Crippen LogP contribution < -0.4 is 11.1 Å². The van der Waals surface area contributed by atoms with E-state index in [0.717, 1.165) is 0 Å². The Kier molecular flexibility index (Phi) is 5.48. The van der Waals surface area contributed by atoms with Crippen molar-refractivity contribution in [2.24, 2.45) is 5.73 Å². The Balaban J connectivity index is 2.91. The largest absolute Gasteiger partial charge is 0.441 e. The van der Waals surface area contributed by atoms with Gasteiger partial charge < -0.3 is 35.5 Å². The molecule has 1 aliphatic heterocycles. The smallest absolute Gasteiger partial charge is 0.404 e. The molecule has 9 nitrogen and oxygen atoms in total. The van der Waals surface area contributed by atoms with Gasteiger partial charge in [-0.2, -0.15) is 0 Å². The Morgan fingerprint density at radius 2 is 2.11 bits per heavy atom. The van der Waals surface area contributed by atoms with E-state index in [1.165, 1.54) is 14.0 Å². The quantitative estimate of drug-likeness (QED) is 0.452. The van der Waals surface area contributed by atoms with Crippen LogP contribution in [0.5, 0.6) is 0 Å². The van der Waals surface area contributed by atoms with Crippen LogP contribution in [0, 0.1) is 0 Å². The Labute approximate surface area is 109 Å². The Morgan fingerprint density at radius 1 is 1.47 bits per heavy atom. The molecule has 1 heterocycles. The number of carbonyl (C=O) groups excluding carboxylic acids is 2. The third-order valence-electron chi connectivity index (χ3n) is 2.71. The predicted molar refractivity (Wildman–Crippen MR) is 60.8 cm³/mol. The zero-order valence-electron chi connectivity index (χ0n) is 10.6. The fourth-order valence-corrected chi connectivity index (χ4v) is 1.94. The van der Waals surface area contributed by atoms with Crippen LogP contribution in [0.1, 0.15) is 6.92 Å². The van der Waals surface area contributed by atoms with Crippen molar-refractivity contribution in [1.82, 2.24) is 5.32 Å². The maximum atomic E-state index is 11.1. The number of primary amides is 1. The van der Waals surface area contributed by atoms with Crippen molar-refractivity contribution in [2.75, 3.05) is 13.7 Å². The molecule has 0 radical (unpaired) electrons. The first-order valence-corrected chi connectivity index (χ1v) is 5.61. The number of aliphatic hydroxyl groups excluding tert-OH is 2. The van der Waals surface area contributed by atoms with Crippen molar-refractivity contribution in [3.05, 3.63) is 0 Å². The van der Waals surface area contributed by atoms with Crippen LogP contribution >= 0.6 is 0 Å². The standard InChI is InChI=1S/C10H18N2O7/c1-4(14)12-6-7(15)8(19-10(11)16)5(3-13)18-9(6)17-2/h5-9,13,15H,3H2,1-2H3,(H2,11,16)(H,12,14)/t5-,6-,7-,8-,9+/m1/s1. The van der Waals surface area contributed by atoms with E-state index in [0.29, 0.717) is 0 Å². The molecule has 110 valence electrons. The summed E-state index contributed by atoms with van der Waals surface area (Å²) in [6.45, 7) is 0.739. The van der Waals surface area contributed by atoms with Gasteiger partial charge in [0.1, 0.15) is 18.2 Å². The van der Waals surface area contributed by atoms with Crippen LogP contribution in [0.3, 0.4) is 0 Å². The molecule has 1 aliphatic rings. The van der Waals surface area contributed by atoms with Crippen LogP contribution in [-0.4, -0.2) is 66.6 Å². The molecule has 0 spiro atoms. The number of aliphatic hydroxyl groups is 2. The van der Waals surface area contributed by atoms with E-state index >= 15 is 0 Å². The van der Waals surface area contributed by atoms with E-state index in [4.69, 9.17) is 25.1 Å². The van der Waals surface area contributed by atoms with Crippen LogP contribution in [0.2, 0.25) is 0 Å². The summed E-state index contributed by atoms with van der Waals surface area (Å²) < 4.78 is 15.0. The topological polar surface area (TPSA) is 140 Å². The highest BCUT2D eigenvalue weighted by molar-refractivity contribution is 5.73. The van der Waals surface area contributed by atoms with Crippen LogP contribution in [0.4, 0.5) is 4.79 Å². The molecule has 0 unspecified atom stereocenters. The molecule has 0 bridgehead atoms. The molecule has 19 heavy (non-hydrogen) atoms. The molecule has 0 aromatic rings. The van der Waals surface area contributed by atoms with Gasteiger partial charge in [0.05, 0.1) is 6.61 Å². The minimum atomic E-state index is -1.33. The zero-order chi connectivity index (χ0) is 14.6. The third kappa shape index (κ3) is 3.77. The number of nitrogens with one attached hydrogen (secondary N) is 1. The predicted octanol–water partition coefficient (Wildman–Crippen LogP) is -2.32. The minimum absolute atomic E-state index is 0.421. The third-order valence-corrected chi connectivity index (χ3v) is 2.71. The maximum Gasteiger partial charge on any atom is 0.404 e. The van der Waals surface area contributed by atoms with Gasteiger partial charge in [-0.25, -0.2) is 4.79 Å². The van der Waals surface area contributed by atoms with Gasteiger partial charge in [-0.15, -0.1) is 0 Å². The minimum Gasteiger partial charge on any atom is -0.441 e. The molecule has 0 aliphatic carbocycles. The van der Waals surface area contributed by atoms with Gasteiger partial charge in [0.25, 0.3) is 0 Å². The normalized spacial score (nSPS) is 34.6. The summed E-state index contributed by atoms with van der Waals surface area (Å²) in [6.07, 6.45) is -5.64. The summed E-state index contributed by atoms with van der Waals surface area (Å²) in [7, 11) is 1.32. The molecule has 0 aromatic carbocycles. The molecule has 0 saturated carbocycles. The molecule has 5 N–H and O–H groups in total. The second-order valence-corrected chi connectivity index (χ2v) is 4.08. The first-order valence-electron chi connectivity index (χ1n) is 5.61. The number of nitrogens with two attached hydrogens (primary N) is 1. The number of hydrogen-bond acceptors (Lipinski definition) is 7. The van der Waals surface area contributed by atoms with E-state index in [9.17, 15) is 14.7 Å². The van der Waals surface area contributed by atoms with Gasteiger partial charge >= 0.3 is 6.09 Å². The van der Waals surface area contributed by atoms with Crippen molar-refractivity contribution in [1.29, 1.82) is 0 Å². The summed E-state index contributed by atoms with van der Waals surface area (Å²) in [4.78, 5) is 21.9. The van der Waals surface area contributed by atoms with Crippen LogP contribution in [0.25, 0.3) is 0 Å².